The number of methoxy groups -OCH3 is 1. The molecule has 0 bridgehead atoms. The first-order chi connectivity index (χ1) is 12.0. The maximum atomic E-state index is 12.9. The van der Waals surface area contributed by atoms with Crippen LogP contribution >= 0.6 is 0 Å². The maximum Gasteiger partial charge on any atom is 0.269 e. The summed E-state index contributed by atoms with van der Waals surface area (Å²) in [5, 5.41) is 0.0563. The van der Waals surface area contributed by atoms with Crippen LogP contribution in [0.15, 0.2) is 58.1 Å². The van der Waals surface area contributed by atoms with E-state index in [1.54, 1.807) is 37.5 Å². The smallest absolute Gasteiger partial charge is 0.269 e. The minimum atomic E-state index is -0.462. The van der Waals surface area contributed by atoms with Crippen molar-refractivity contribution in [1.82, 2.24) is 9.55 Å². The van der Waals surface area contributed by atoms with Gasteiger partial charge < -0.3 is 9.72 Å². The van der Waals surface area contributed by atoms with Crippen LogP contribution in [0.4, 0.5) is 0 Å². The largest absolute Gasteiger partial charge is 0.496 e. The van der Waals surface area contributed by atoms with E-state index in [2.05, 4.69) is 11.6 Å². The molecule has 2 aromatic carbocycles. The van der Waals surface area contributed by atoms with Crippen molar-refractivity contribution in [3.05, 3.63) is 91.1 Å². The Morgan fingerprint density at radius 1 is 1.12 bits per heavy atom. The molecule has 3 rings (SSSR count). The van der Waals surface area contributed by atoms with Crippen molar-refractivity contribution >= 4 is 12.7 Å². The fourth-order valence-corrected chi connectivity index (χ4v) is 2.73. The molecular weight excluding hydrogens is 316 g/mol. The number of aromatic amines is 1. The molecule has 5 heteroatoms. The lowest BCUT2D eigenvalue weighted by atomic mass is 10.1. The molecule has 0 atom stereocenters. The van der Waals surface area contributed by atoms with E-state index in [4.69, 9.17) is 4.74 Å². The van der Waals surface area contributed by atoms with Crippen molar-refractivity contribution < 1.29 is 4.74 Å². The monoisotopic (exact) mass is 334 g/mol. The lowest BCUT2D eigenvalue weighted by Gasteiger charge is -2.07. The fourth-order valence-electron chi connectivity index (χ4n) is 2.73. The van der Waals surface area contributed by atoms with Gasteiger partial charge in [0.05, 0.1) is 12.8 Å². The quantitative estimate of drug-likeness (QED) is 0.780. The summed E-state index contributed by atoms with van der Waals surface area (Å²) in [5.41, 5.74) is 1.69. The number of nitrogens with one attached hydrogen (secondary N) is 1. The van der Waals surface area contributed by atoms with Crippen molar-refractivity contribution in [3.63, 3.8) is 0 Å². The number of hydrogen-bond donors (Lipinski definition) is 1. The van der Waals surface area contributed by atoms with Gasteiger partial charge in [-0.3, -0.25) is 14.2 Å². The Labute approximate surface area is 144 Å². The molecule has 0 saturated heterocycles. The Hall–Kier alpha value is -3.34. The summed E-state index contributed by atoms with van der Waals surface area (Å²) in [6.45, 7) is 5.68. The molecule has 0 unspecified atom stereocenters. The predicted octanol–water partition coefficient (Wildman–Crippen LogP) is 1.08. The topological polar surface area (TPSA) is 64.1 Å². The molecule has 0 spiro atoms. The molecule has 3 aromatic rings. The average molecular weight is 334 g/mol. The molecule has 0 radical (unpaired) electrons. The lowest BCUT2D eigenvalue weighted by Crippen LogP contribution is -2.52. The van der Waals surface area contributed by atoms with Crippen LogP contribution in [-0.4, -0.2) is 16.7 Å². The number of ether oxygens (including phenoxy) is 1. The highest BCUT2D eigenvalue weighted by atomic mass is 16.5. The normalized spacial score (nSPS) is 11.5. The van der Waals surface area contributed by atoms with E-state index in [0.717, 1.165) is 16.9 Å². The Bertz CT molecular complexity index is 1140. The standard InChI is InChI=1S/C20H18N2O3/c1-13-11-15(9-10-18(13)25-3)12-17-19(23)21-14(2)22(20(17)24)16-7-5-4-6-8-16/h4-12H,2H2,1,3H3,(H,21,23)/b17-12+. The summed E-state index contributed by atoms with van der Waals surface area (Å²) in [7, 11) is 1.60. The zero-order chi connectivity index (χ0) is 18.0. The Balaban J connectivity index is 2.28. The highest BCUT2D eigenvalue weighted by Crippen LogP contribution is 2.18. The summed E-state index contributed by atoms with van der Waals surface area (Å²) in [4.78, 5) is 27.8. The number of para-hydroxylation sites is 1. The molecule has 0 fully saturated rings. The minimum Gasteiger partial charge on any atom is -0.496 e. The molecule has 0 amide bonds. The second-order valence-corrected chi connectivity index (χ2v) is 5.66. The molecule has 0 aliphatic rings. The molecule has 1 N–H and O–H groups in total. The van der Waals surface area contributed by atoms with Gasteiger partial charge >= 0.3 is 0 Å². The molecule has 1 aromatic heterocycles. The maximum absolute atomic E-state index is 12.9. The van der Waals surface area contributed by atoms with Crippen LogP contribution in [0.25, 0.3) is 18.3 Å². The number of nitrogens with zero attached hydrogens (tertiary/aromatic N) is 1. The molecule has 5 nitrogen and oxygen atoms in total. The van der Waals surface area contributed by atoms with Crippen molar-refractivity contribution in [3.8, 4) is 11.4 Å². The zero-order valence-electron chi connectivity index (χ0n) is 14.1. The van der Waals surface area contributed by atoms with Crippen molar-refractivity contribution in [2.45, 2.75) is 6.92 Å². The van der Waals surface area contributed by atoms with Gasteiger partial charge in [0, 0.05) is 0 Å². The highest BCUT2D eigenvalue weighted by Gasteiger charge is 2.06. The highest BCUT2D eigenvalue weighted by molar-refractivity contribution is 5.53. The van der Waals surface area contributed by atoms with Gasteiger partial charge in [-0.25, -0.2) is 0 Å². The van der Waals surface area contributed by atoms with Gasteiger partial charge in [-0.05, 0) is 48.4 Å². The van der Waals surface area contributed by atoms with Gasteiger partial charge in [-0.15, -0.1) is 0 Å². The lowest BCUT2D eigenvalue weighted by molar-refractivity contribution is 0.411. The molecule has 0 aliphatic carbocycles. The first kappa shape index (κ1) is 16.5. The summed E-state index contributed by atoms with van der Waals surface area (Å²) in [6, 6.07) is 14.5. The van der Waals surface area contributed by atoms with Crippen LogP contribution in [0, 0.1) is 6.92 Å². The molecule has 126 valence electrons. The van der Waals surface area contributed by atoms with Crippen LogP contribution in [-0.2, 0) is 0 Å². The summed E-state index contributed by atoms with van der Waals surface area (Å²) >= 11 is 0. The van der Waals surface area contributed by atoms with Gasteiger partial charge in [0.1, 0.15) is 16.4 Å². The van der Waals surface area contributed by atoms with Crippen molar-refractivity contribution in [1.29, 1.82) is 0 Å². The van der Waals surface area contributed by atoms with Gasteiger partial charge in [0.15, 0.2) is 0 Å². The van der Waals surface area contributed by atoms with Crippen LogP contribution in [0.3, 0.4) is 0 Å². The van der Waals surface area contributed by atoms with E-state index in [-0.39, 0.29) is 10.7 Å². The first-order valence-corrected chi connectivity index (χ1v) is 7.77. The third-order valence-corrected chi connectivity index (χ3v) is 3.95. The van der Waals surface area contributed by atoms with Gasteiger partial charge in [0.2, 0.25) is 0 Å². The molecule has 0 aliphatic heterocycles. The van der Waals surface area contributed by atoms with Crippen molar-refractivity contribution in [2.75, 3.05) is 7.11 Å². The fraction of sp³-hybridized carbons (Fsp3) is 0.100. The summed E-state index contributed by atoms with van der Waals surface area (Å²) in [6.07, 6.45) is 1.58. The summed E-state index contributed by atoms with van der Waals surface area (Å²) < 4.78 is 6.63. The van der Waals surface area contributed by atoms with E-state index < -0.39 is 11.1 Å². The van der Waals surface area contributed by atoms with E-state index in [9.17, 15) is 9.59 Å². The third kappa shape index (κ3) is 3.17. The van der Waals surface area contributed by atoms with Crippen LogP contribution in [0.2, 0.25) is 0 Å². The Morgan fingerprint density at radius 3 is 2.48 bits per heavy atom. The second kappa shape index (κ2) is 6.65. The van der Waals surface area contributed by atoms with E-state index in [1.165, 1.54) is 4.57 Å². The zero-order valence-corrected chi connectivity index (χ0v) is 14.1. The molecule has 1 heterocycles. The Kier molecular flexibility index (Phi) is 4.39. The first-order valence-electron chi connectivity index (χ1n) is 7.77. The van der Waals surface area contributed by atoms with Crippen LogP contribution in [0.1, 0.15) is 11.1 Å². The SMILES string of the molecule is C=c1[nH]c(=O)/c(=C\c2ccc(OC)c(C)c2)c(=O)n1-c1ccccc1. The number of benzene rings is 2. The van der Waals surface area contributed by atoms with Gasteiger partial charge in [-0.1, -0.05) is 30.8 Å². The third-order valence-electron chi connectivity index (χ3n) is 3.95. The average Bonchev–Trinajstić information content (AvgIpc) is 2.59. The van der Waals surface area contributed by atoms with E-state index in [1.807, 2.05) is 31.2 Å². The van der Waals surface area contributed by atoms with Crippen molar-refractivity contribution in [2.24, 2.45) is 0 Å². The predicted molar refractivity (Wildman–Crippen MR) is 98.7 cm³/mol. The molecule has 0 saturated carbocycles. The second-order valence-electron chi connectivity index (χ2n) is 5.66. The number of hydrogen-bond acceptors (Lipinski definition) is 3. The Morgan fingerprint density at radius 2 is 1.84 bits per heavy atom. The summed E-state index contributed by atoms with van der Waals surface area (Å²) in [5.74, 6) is 0.751. The van der Waals surface area contributed by atoms with Crippen LogP contribution < -0.4 is 26.6 Å². The van der Waals surface area contributed by atoms with Crippen LogP contribution in [0.5, 0.6) is 5.75 Å². The molecule has 25 heavy (non-hydrogen) atoms. The van der Waals surface area contributed by atoms with Gasteiger partial charge in [0.25, 0.3) is 11.1 Å². The number of aryl methyl sites for hydroxylation is 1. The van der Waals surface area contributed by atoms with Gasteiger partial charge in [-0.2, -0.15) is 0 Å². The van der Waals surface area contributed by atoms with E-state index in [0.29, 0.717) is 5.69 Å². The molecular formula is C20H18N2O3. The minimum absolute atomic E-state index is 0.0563. The number of aromatic nitrogens is 2. The number of rotatable bonds is 3. The van der Waals surface area contributed by atoms with E-state index >= 15 is 0 Å². The number of H-pyrrole nitrogens is 1.